The standard InChI is InChI=1S/C11H18N2.C11H17N.C10H17N3.C10H16N2.C10H15NO.C10H15NS.C9H14N2O.C9H14N2S.8C2H6.8CH3.8Y/c1-9(2)13-7-5-10-4-6-12(3)11(10)8-13;1-9(2)12-7-6-10-4-3-5-11(10)8-12;1-8(2)13-5-4-9-10(6-13)12(3)7-11-9;1-8(2)12-6-4-10-9(7-12)3-5-11-10;2*1-8(2)11-5-3-9-4-6-12-10(9)7-11;2*1-7(2)11-4-3-8-9(5-11)12-6-10-8;8*1-2;;;;;;;;;;;;;;;;/h4,6,9H,5,7-8H2,1-3H3;3-4,9H,5-8H2,1-2H3;7-8H,4-6H2,1-3H3;5,8H,3-4,6-7H2,1-2H3;2*4,6,8H,3,5,7H2,1-2H3;2*6-7H,3-5H2,1-2H3;8*1-2H3;8*1H3;;;;;;;;/q;;;;;;;;;;;;;;;;8*-1;;;;;;;;. The fraction of sp³-hybridized carbons (Fsp3) is 0.654. The number of oxazole rings is 1. The van der Waals surface area contributed by atoms with Crippen LogP contribution in [0.2, 0.25) is 0 Å². The first-order valence-electron chi connectivity index (χ1n) is 45.6. The van der Waals surface area contributed by atoms with E-state index in [1.54, 1.807) is 56.7 Å². The van der Waals surface area contributed by atoms with Crippen LogP contribution < -0.4 is 0 Å². The van der Waals surface area contributed by atoms with Gasteiger partial charge in [-0.1, -0.05) is 123 Å². The van der Waals surface area contributed by atoms with Crippen LogP contribution >= 0.6 is 22.7 Å². The number of thiazole rings is 1. The van der Waals surface area contributed by atoms with Crippen LogP contribution in [0.25, 0.3) is 0 Å². The van der Waals surface area contributed by atoms with Crippen molar-refractivity contribution in [1.29, 1.82) is 0 Å². The van der Waals surface area contributed by atoms with Crippen molar-refractivity contribution in [3.8, 4) is 0 Å². The van der Waals surface area contributed by atoms with E-state index in [1.165, 1.54) is 117 Å². The molecular formula is C104H198N14O2S2Y8-8. The number of imidazole rings is 1. The topological polar surface area (TPSA) is 113 Å². The van der Waals surface area contributed by atoms with E-state index in [9.17, 15) is 0 Å². The maximum atomic E-state index is 5.39. The summed E-state index contributed by atoms with van der Waals surface area (Å²) in [5, 5.41) is 2.22. The van der Waals surface area contributed by atoms with Gasteiger partial charge in [0.1, 0.15) is 11.5 Å². The summed E-state index contributed by atoms with van der Waals surface area (Å²) < 4.78 is 15.1. The zero-order valence-electron chi connectivity index (χ0n) is 92.4. The zero-order chi connectivity index (χ0) is 86.2. The molecule has 10 aliphatic rings. The van der Waals surface area contributed by atoms with Gasteiger partial charge >= 0.3 is 0 Å². The summed E-state index contributed by atoms with van der Waals surface area (Å²) in [4.78, 5) is 40.3. The maximum Gasteiger partial charge on any atom is 0.181 e. The van der Waals surface area contributed by atoms with E-state index in [0.29, 0.717) is 48.3 Å². The predicted octanol–water partition coefficient (Wildman–Crippen LogP) is 26.9. The summed E-state index contributed by atoms with van der Waals surface area (Å²) in [7, 11) is 4.22. The van der Waals surface area contributed by atoms with E-state index in [4.69, 9.17) is 8.83 Å². The summed E-state index contributed by atoms with van der Waals surface area (Å²) >= 11 is 3.70. The first kappa shape index (κ1) is 170. The van der Waals surface area contributed by atoms with Crippen molar-refractivity contribution in [3.05, 3.63) is 215 Å². The van der Waals surface area contributed by atoms with Gasteiger partial charge in [-0.3, -0.25) is 44.2 Å². The van der Waals surface area contributed by atoms with Gasteiger partial charge in [0, 0.05) is 481 Å². The average molecular weight is 2450 g/mol. The minimum Gasteiger partial charge on any atom is -0.468 e. The molecule has 0 amide bonds. The third kappa shape index (κ3) is 60.0. The van der Waals surface area contributed by atoms with Gasteiger partial charge in [-0.25, -0.2) is 15.0 Å². The molecule has 16 rings (SSSR count). The van der Waals surface area contributed by atoms with Gasteiger partial charge in [-0.2, -0.15) is 0 Å². The van der Waals surface area contributed by atoms with Crippen molar-refractivity contribution in [2.75, 3.05) is 65.4 Å². The number of aryl methyl sites for hydroxylation is 2. The van der Waals surface area contributed by atoms with Crippen molar-refractivity contribution in [1.82, 2.24) is 63.3 Å². The van der Waals surface area contributed by atoms with Crippen LogP contribution in [0.4, 0.5) is 0 Å². The minimum atomic E-state index is 0. The fourth-order valence-corrected chi connectivity index (χ4v) is 16.2. The molecule has 0 fully saturated rings. The first-order valence-corrected chi connectivity index (χ1v) is 47.3. The van der Waals surface area contributed by atoms with Crippen LogP contribution in [0.1, 0.15) is 314 Å². The number of rotatable bonds is 8. The van der Waals surface area contributed by atoms with Crippen molar-refractivity contribution in [3.63, 3.8) is 0 Å². The Hall–Kier alpha value is 3.71. The number of hydrogen-bond acceptors (Lipinski definition) is 16. The monoisotopic (exact) mass is 2450 g/mol. The molecule has 0 spiro atoms. The number of thiophene rings is 1. The van der Waals surface area contributed by atoms with E-state index in [1.807, 2.05) is 134 Å². The Balaban J connectivity index is -0.0000000784. The number of allylic oxidation sites excluding steroid dienone is 2. The van der Waals surface area contributed by atoms with Gasteiger partial charge in [0.15, 0.2) is 6.39 Å². The molecular weight excluding hydrogens is 2250 g/mol. The second kappa shape index (κ2) is 100. The van der Waals surface area contributed by atoms with E-state index in [2.05, 4.69) is 241 Å². The third-order valence-electron chi connectivity index (χ3n) is 21.6. The van der Waals surface area contributed by atoms with Crippen LogP contribution in [0.15, 0.2) is 103 Å². The van der Waals surface area contributed by atoms with Gasteiger partial charge in [0.05, 0.1) is 54.0 Å². The average Bonchev–Trinajstić information content (AvgIpc) is 1.68. The van der Waals surface area contributed by atoms with Crippen molar-refractivity contribution in [2.24, 2.45) is 19.1 Å². The van der Waals surface area contributed by atoms with Gasteiger partial charge in [0.25, 0.3) is 0 Å². The van der Waals surface area contributed by atoms with Crippen LogP contribution in [-0.2, 0) is 354 Å². The molecule has 9 aliphatic heterocycles. The maximum absolute atomic E-state index is 5.39. The molecule has 0 atom stereocenters. The van der Waals surface area contributed by atoms with Crippen molar-refractivity contribution in [2.45, 2.75) is 373 Å². The molecule has 6 aromatic heterocycles. The van der Waals surface area contributed by atoms with Crippen LogP contribution in [-0.4, -0.2) is 183 Å². The Morgan fingerprint density at radius 1 is 0.331 bits per heavy atom. The molecule has 26 heteroatoms. The van der Waals surface area contributed by atoms with Crippen LogP contribution in [0.5, 0.6) is 0 Å². The smallest absolute Gasteiger partial charge is 0.181 e. The van der Waals surface area contributed by atoms with E-state index in [-0.39, 0.29) is 321 Å². The molecule has 8 radical (unpaired) electrons. The Morgan fingerprint density at radius 3 is 1.22 bits per heavy atom. The van der Waals surface area contributed by atoms with E-state index < -0.39 is 0 Å². The number of fused-ring (bicyclic) bond motifs is 6. The summed E-state index contributed by atoms with van der Waals surface area (Å²) in [6.45, 7) is 86.3. The normalized spacial score (nSPS) is 15.1. The van der Waals surface area contributed by atoms with Gasteiger partial charge < -0.3 is 77.4 Å². The molecule has 0 unspecified atom stereocenters. The molecule has 0 N–H and O–H groups in total. The largest absolute Gasteiger partial charge is 0.468 e. The number of furan rings is 1. The number of aliphatic imine (C=N–C) groups is 1. The van der Waals surface area contributed by atoms with Crippen molar-refractivity contribution >= 4 is 28.9 Å². The number of hydrogen-bond donors (Lipinski definition) is 0. The Bertz CT molecular complexity index is 3220. The summed E-state index contributed by atoms with van der Waals surface area (Å²) in [5.41, 5.74) is 19.3. The number of nitrogens with zero attached hydrogens (tertiary/aromatic N) is 14. The van der Waals surface area contributed by atoms with Gasteiger partial charge in [-0.05, 0) is 200 Å². The van der Waals surface area contributed by atoms with Gasteiger partial charge in [0.2, 0.25) is 0 Å². The second-order valence-electron chi connectivity index (χ2n) is 30.6. The Morgan fingerprint density at radius 2 is 0.723 bits per heavy atom. The predicted molar refractivity (Wildman–Crippen MR) is 551 cm³/mol. The molecule has 0 aromatic carbocycles. The molecule has 15 heterocycles. The van der Waals surface area contributed by atoms with Crippen LogP contribution in [0.3, 0.4) is 0 Å². The van der Waals surface area contributed by atoms with Crippen molar-refractivity contribution < 1.29 is 271 Å². The van der Waals surface area contributed by atoms with E-state index >= 15 is 0 Å². The van der Waals surface area contributed by atoms with Crippen LogP contribution in [0, 0.1) is 59.4 Å². The minimum absolute atomic E-state index is 0. The molecule has 6 aromatic rings. The molecule has 0 saturated heterocycles. The van der Waals surface area contributed by atoms with E-state index in [0.717, 1.165) is 108 Å². The molecule has 0 saturated carbocycles. The molecule has 16 nitrogen and oxygen atoms in total. The summed E-state index contributed by atoms with van der Waals surface area (Å²) in [6, 6.07) is 11.9. The summed E-state index contributed by atoms with van der Waals surface area (Å²) in [6.07, 6.45) is 25.7. The fourth-order valence-electron chi connectivity index (χ4n) is 14.4. The quantitative estimate of drug-likeness (QED) is 0.135. The number of aromatic nitrogens is 5. The summed E-state index contributed by atoms with van der Waals surface area (Å²) in [5.74, 6) is 2.21. The Kier molecular flexibility index (Phi) is 131. The molecule has 1 aliphatic carbocycles. The SMILES string of the molecule is CC.CC.CC.CC.CC.CC.CC.CC.CC(C)N1CCC2=C(CC=C2)C1.CC(C)N1CCC2=C(CC=N2)C1.CC(C)N1CCc2ccn(C)c2C1.CC(C)N1CCc2ccoc2C1.CC(C)N1CCc2ccsc2C1.CC(C)N1CCc2ncn(C)c2C1.CC(C)N1CCc2ncoc2C1.CC(C)N1CCc2ncsc2C1.[CH3-].[CH3-].[CH3-].[CH3-].[CH3-].[CH3-].[CH3-].[CH3-].[Y].[Y].[Y].[Y].[Y].[Y].[Y].[Y]. The third-order valence-corrected chi connectivity index (χ3v) is 23.4. The first-order chi connectivity index (χ1) is 55.0. The van der Waals surface area contributed by atoms with Gasteiger partial charge in [-0.15, -0.1) is 22.7 Å². The second-order valence-corrected chi connectivity index (χ2v) is 32.6. The molecule has 740 valence electrons. The Labute approximate surface area is 1020 Å². The molecule has 130 heavy (non-hydrogen) atoms. The zero-order valence-corrected chi connectivity index (χ0v) is 117. The molecule has 0 bridgehead atoms.